The van der Waals surface area contributed by atoms with Crippen molar-refractivity contribution in [1.82, 2.24) is 0 Å². The lowest BCUT2D eigenvalue weighted by molar-refractivity contribution is -0.154. The maximum atomic E-state index is 12.1. The van der Waals surface area contributed by atoms with Gasteiger partial charge in [0.25, 0.3) is 0 Å². The summed E-state index contributed by atoms with van der Waals surface area (Å²) in [6.45, 7) is 5.38. The molecule has 4 heteroatoms. The van der Waals surface area contributed by atoms with E-state index in [1.807, 2.05) is 0 Å². The number of rotatable bonds is 35. The molecule has 41 heavy (non-hydrogen) atoms. The molecule has 0 aliphatic heterocycles. The quantitative estimate of drug-likeness (QED) is 0.0596. The summed E-state index contributed by atoms with van der Waals surface area (Å²) >= 11 is 0. The molecule has 0 aromatic carbocycles. The van der Waals surface area contributed by atoms with Gasteiger partial charge >= 0.3 is 5.97 Å². The zero-order chi connectivity index (χ0) is 29.9. The number of carbonyl (C=O) groups is 1. The van der Waals surface area contributed by atoms with E-state index in [0.717, 1.165) is 19.3 Å². The molecule has 0 spiro atoms. The molecule has 0 saturated heterocycles. The highest BCUT2D eigenvalue weighted by Crippen LogP contribution is 2.15. The van der Waals surface area contributed by atoms with E-state index in [9.17, 15) is 9.90 Å². The molecule has 0 aliphatic carbocycles. The van der Waals surface area contributed by atoms with E-state index >= 15 is 0 Å². The molecule has 0 fully saturated rings. The van der Waals surface area contributed by atoms with Gasteiger partial charge in [-0.2, -0.15) is 0 Å². The molecule has 0 saturated carbocycles. The molecule has 246 valence electrons. The highest BCUT2D eigenvalue weighted by atomic mass is 16.6. The van der Waals surface area contributed by atoms with Crippen LogP contribution in [0.3, 0.4) is 0 Å². The maximum absolute atomic E-state index is 12.1. The van der Waals surface area contributed by atoms with Gasteiger partial charge in [-0.05, 0) is 12.8 Å². The van der Waals surface area contributed by atoms with Crippen LogP contribution in [0.25, 0.3) is 0 Å². The summed E-state index contributed by atoms with van der Waals surface area (Å²) in [7, 11) is 0. The van der Waals surface area contributed by atoms with Gasteiger partial charge in [-0.3, -0.25) is 4.79 Å². The second kappa shape index (κ2) is 35.6. The molecular formula is C37H74O4. The summed E-state index contributed by atoms with van der Waals surface area (Å²) in [6, 6.07) is 0. The lowest BCUT2D eigenvalue weighted by Crippen LogP contribution is -2.27. The van der Waals surface area contributed by atoms with Crippen molar-refractivity contribution < 1.29 is 19.4 Å². The van der Waals surface area contributed by atoms with Crippen molar-refractivity contribution in [3.05, 3.63) is 0 Å². The minimum atomic E-state index is -0.523. The molecule has 1 N–H and O–H groups in total. The van der Waals surface area contributed by atoms with Crippen molar-refractivity contribution in [2.24, 2.45) is 0 Å². The smallest absolute Gasteiger partial charge is 0.306 e. The predicted octanol–water partition coefficient (Wildman–Crippen LogP) is 11.6. The van der Waals surface area contributed by atoms with Gasteiger partial charge in [-0.1, -0.05) is 187 Å². The van der Waals surface area contributed by atoms with E-state index in [4.69, 9.17) is 9.47 Å². The fourth-order valence-corrected chi connectivity index (χ4v) is 5.62. The average Bonchev–Trinajstić information content (AvgIpc) is 2.98. The highest BCUT2D eigenvalue weighted by molar-refractivity contribution is 5.69. The topological polar surface area (TPSA) is 55.8 Å². The number of aliphatic hydroxyl groups is 1. The third-order valence-corrected chi connectivity index (χ3v) is 8.43. The monoisotopic (exact) mass is 583 g/mol. The molecule has 0 aromatic rings. The first-order valence-electron chi connectivity index (χ1n) is 18.6. The minimum absolute atomic E-state index is 0.163. The zero-order valence-corrected chi connectivity index (χ0v) is 28.1. The van der Waals surface area contributed by atoms with E-state index in [1.54, 1.807) is 0 Å². The van der Waals surface area contributed by atoms with Gasteiger partial charge in [0.2, 0.25) is 0 Å². The summed E-state index contributed by atoms with van der Waals surface area (Å²) < 4.78 is 11.1. The van der Waals surface area contributed by atoms with E-state index in [-0.39, 0.29) is 12.6 Å². The van der Waals surface area contributed by atoms with Crippen molar-refractivity contribution >= 4 is 5.97 Å². The first-order valence-corrected chi connectivity index (χ1v) is 18.6. The Bertz CT molecular complexity index is 495. The fourth-order valence-electron chi connectivity index (χ4n) is 5.62. The Morgan fingerprint density at radius 1 is 0.488 bits per heavy atom. The third-order valence-electron chi connectivity index (χ3n) is 8.43. The minimum Gasteiger partial charge on any atom is -0.457 e. The van der Waals surface area contributed by atoms with Crippen molar-refractivity contribution in [2.45, 2.75) is 213 Å². The average molecular weight is 583 g/mol. The molecule has 0 amide bonds. The van der Waals surface area contributed by atoms with E-state index in [1.165, 1.54) is 167 Å². The second-order valence-electron chi connectivity index (χ2n) is 12.7. The molecule has 0 aliphatic rings. The molecule has 0 aromatic heterocycles. The molecule has 0 unspecified atom stereocenters. The summed E-state index contributed by atoms with van der Waals surface area (Å²) in [6.07, 6.45) is 38.5. The first-order chi connectivity index (χ1) is 20.2. The lowest BCUT2D eigenvalue weighted by atomic mass is 10.0. The Labute approximate surface area is 257 Å². The summed E-state index contributed by atoms with van der Waals surface area (Å²) in [5, 5.41) is 9.55. The van der Waals surface area contributed by atoms with Crippen LogP contribution in [0.2, 0.25) is 0 Å². The molecule has 0 bridgehead atoms. The van der Waals surface area contributed by atoms with Crippen LogP contribution in [0, 0.1) is 0 Å². The van der Waals surface area contributed by atoms with Crippen LogP contribution in [-0.4, -0.2) is 37.0 Å². The van der Waals surface area contributed by atoms with Gasteiger partial charge in [0.15, 0.2) is 0 Å². The maximum Gasteiger partial charge on any atom is 0.306 e. The fraction of sp³-hybridized carbons (Fsp3) is 0.973. The van der Waals surface area contributed by atoms with Crippen molar-refractivity contribution in [3.63, 3.8) is 0 Å². The van der Waals surface area contributed by atoms with Gasteiger partial charge in [0, 0.05) is 13.0 Å². The third kappa shape index (κ3) is 33.8. The largest absolute Gasteiger partial charge is 0.457 e. The number of esters is 1. The number of hydrogen-bond donors (Lipinski definition) is 1. The first kappa shape index (κ1) is 40.4. The number of hydrogen-bond acceptors (Lipinski definition) is 4. The summed E-state index contributed by atoms with van der Waals surface area (Å²) in [5.74, 6) is -0.196. The van der Waals surface area contributed by atoms with Crippen molar-refractivity contribution in [3.8, 4) is 0 Å². The van der Waals surface area contributed by atoms with Gasteiger partial charge < -0.3 is 14.6 Å². The predicted molar refractivity (Wildman–Crippen MR) is 178 cm³/mol. The van der Waals surface area contributed by atoms with Crippen LogP contribution in [0.5, 0.6) is 0 Å². The number of carbonyl (C=O) groups excluding carboxylic acids is 1. The van der Waals surface area contributed by atoms with Crippen LogP contribution in [0.1, 0.15) is 206 Å². The van der Waals surface area contributed by atoms with Gasteiger partial charge in [0.1, 0.15) is 6.10 Å². The van der Waals surface area contributed by atoms with Crippen molar-refractivity contribution in [2.75, 3.05) is 19.8 Å². The SMILES string of the molecule is CCCCCCCCCCCCCCCCCCOC[C@H](CO)OC(=O)CCCCCCCCCCCCCCC. The lowest BCUT2D eigenvalue weighted by Gasteiger charge is -2.16. The zero-order valence-electron chi connectivity index (χ0n) is 28.1. The normalized spacial score (nSPS) is 12.2. The Hall–Kier alpha value is -0.610. The van der Waals surface area contributed by atoms with Crippen molar-refractivity contribution in [1.29, 1.82) is 0 Å². The van der Waals surface area contributed by atoms with E-state index in [2.05, 4.69) is 13.8 Å². The Kier molecular flexibility index (Phi) is 35.1. The Balaban J connectivity index is 3.37. The van der Waals surface area contributed by atoms with Crippen LogP contribution in [0.15, 0.2) is 0 Å². The number of unbranched alkanes of at least 4 members (excludes halogenated alkanes) is 27. The van der Waals surface area contributed by atoms with Gasteiger partial charge in [-0.15, -0.1) is 0 Å². The van der Waals surface area contributed by atoms with E-state index < -0.39 is 6.10 Å². The molecule has 0 rings (SSSR count). The Morgan fingerprint density at radius 3 is 1.15 bits per heavy atom. The Morgan fingerprint density at radius 2 is 0.805 bits per heavy atom. The van der Waals surface area contributed by atoms with Crippen LogP contribution >= 0.6 is 0 Å². The molecule has 1 atom stereocenters. The van der Waals surface area contributed by atoms with Crippen LogP contribution < -0.4 is 0 Å². The number of aliphatic hydroxyl groups excluding tert-OH is 1. The van der Waals surface area contributed by atoms with Gasteiger partial charge in [0.05, 0.1) is 13.2 Å². The van der Waals surface area contributed by atoms with Gasteiger partial charge in [-0.25, -0.2) is 0 Å². The van der Waals surface area contributed by atoms with Crippen LogP contribution in [0.4, 0.5) is 0 Å². The molecule has 0 heterocycles. The summed E-state index contributed by atoms with van der Waals surface area (Å²) in [5.41, 5.74) is 0. The highest BCUT2D eigenvalue weighted by Gasteiger charge is 2.13. The van der Waals surface area contributed by atoms with E-state index in [0.29, 0.717) is 19.6 Å². The summed E-state index contributed by atoms with van der Waals surface area (Å²) in [4.78, 5) is 12.1. The van der Waals surface area contributed by atoms with Crippen LogP contribution in [-0.2, 0) is 14.3 Å². The molecular weight excluding hydrogens is 508 g/mol. The molecule has 4 nitrogen and oxygen atoms in total. The number of ether oxygens (including phenoxy) is 2. The standard InChI is InChI=1S/C37H74O4/c1-3-5-7-9-11-13-15-17-18-19-21-23-25-27-29-31-33-40-35-36(34-38)41-37(39)32-30-28-26-24-22-20-16-14-12-10-8-6-4-2/h36,38H,3-35H2,1-2H3/t36-/m0/s1. The second-order valence-corrected chi connectivity index (χ2v) is 12.7. The molecule has 0 radical (unpaired) electrons.